The van der Waals surface area contributed by atoms with Crippen LogP contribution < -0.4 is 5.73 Å². The molecular formula is C14H21BrClN. The third kappa shape index (κ3) is 3.46. The standard InChI is InChI=1S/C14H20BrN.ClH/c15-13-7-5-12(6-8-13)14(11-16)9-3-1-2-4-10-14;/h5-8H,1-4,9-11,16H2;1H. The highest BCUT2D eigenvalue weighted by Gasteiger charge is 2.31. The Morgan fingerprint density at radius 2 is 1.53 bits per heavy atom. The molecule has 0 bridgehead atoms. The summed E-state index contributed by atoms with van der Waals surface area (Å²) in [6, 6.07) is 8.75. The average Bonchev–Trinajstić information content (AvgIpc) is 2.56. The molecule has 0 amide bonds. The number of hydrogen-bond acceptors (Lipinski definition) is 1. The number of halogens is 2. The normalized spacial score (nSPS) is 19.2. The van der Waals surface area contributed by atoms with Crippen LogP contribution in [-0.2, 0) is 5.41 Å². The van der Waals surface area contributed by atoms with E-state index in [1.807, 2.05) is 0 Å². The molecule has 1 nitrogen and oxygen atoms in total. The Bertz CT molecular complexity index is 329. The minimum absolute atomic E-state index is 0. The van der Waals surface area contributed by atoms with E-state index >= 15 is 0 Å². The monoisotopic (exact) mass is 317 g/mol. The number of hydrogen-bond donors (Lipinski definition) is 1. The number of rotatable bonds is 2. The minimum atomic E-state index is 0. The first-order chi connectivity index (χ1) is 7.77. The zero-order valence-electron chi connectivity index (χ0n) is 10.1. The van der Waals surface area contributed by atoms with Crippen molar-refractivity contribution in [3.63, 3.8) is 0 Å². The summed E-state index contributed by atoms with van der Waals surface area (Å²) in [5, 5.41) is 0. The SMILES string of the molecule is Cl.NCC1(c2ccc(Br)cc2)CCCCCC1. The van der Waals surface area contributed by atoms with Crippen LogP contribution in [0, 0.1) is 0 Å². The van der Waals surface area contributed by atoms with Crippen molar-refractivity contribution in [1.82, 2.24) is 0 Å². The molecule has 3 heteroatoms. The highest BCUT2D eigenvalue weighted by molar-refractivity contribution is 9.10. The molecule has 96 valence electrons. The quantitative estimate of drug-likeness (QED) is 0.803. The summed E-state index contributed by atoms with van der Waals surface area (Å²) >= 11 is 3.49. The average molecular weight is 319 g/mol. The van der Waals surface area contributed by atoms with Gasteiger partial charge in [0, 0.05) is 16.4 Å². The van der Waals surface area contributed by atoms with E-state index in [4.69, 9.17) is 5.73 Å². The van der Waals surface area contributed by atoms with Crippen LogP contribution in [0.2, 0.25) is 0 Å². The van der Waals surface area contributed by atoms with E-state index in [-0.39, 0.29) is 17.8 Å². The molecule has 1 aliphatic rings. The third-order valence-corrected chi connectivity index (χ3v) is 4.44. The topological polar surface area (TPSA) is 26.0 Å². The van der Waals surface area contributed by atoms with E-state index in [2.05, 4.69) is 40.2 Å². The van der Waals surface area contributed by atoms with Gasteiger partial charge in [-0.25, -0.2) is 0 Å². The van der Waals surface area contributed by atoms with E-state index in [9.17, 15) is 0 Å². The Kier molecular flexibility index (Phi) is 5.98. The summed E-state index contributed by atoms with van der Waals surface area (Å²) in [6.07, 6.45) is 7.91. The first-order valence-electron chi connectivity index (χ1n) is 6.23. The maximum Gasteiger partial charge on any atom is 0.0175 e. The molecule has 1 aliphatic carbocycles. The highest BCUT2D eigenvalue weighted by atomic mass is 79.9. The van der Waals surface area contributed by atoms with Crippen molar-refractivity contribution in [2.24, 2.45) is 5.73 Å². The first-order valence-corrected chi connectivity index (χ1v) is 7.02. The fourth-order valence-corrected chi connectivity index (χ4v) is 3.08. The van der Waals surface area contributed by atoms with E-state index in [0.29, 0.717) is 0 Å². The Morgan fingerprint density at radius 1 is 1.00 bits per heavy atom. The maximum absolute atomic E-state index is 6.07. The minimum Gasteiger partial charge on any atom is -0.330 e. The van der Waals surface area contributed by atoms with Crippen molar-refractivity contribution in [2.75, 3.05) is 6.54 Å². The summed E-state index contributed by atoms with van der Waals surface area (Å²) in [6.45, 7) is 0.786. The smallest absolute Gasteiger partial charge is 0.0175 e. The van der Waals surface area contributed by atoms with Gasteiger partial charge in [0.05, 0.1) is 0 Å². The predicted molar refractivity (Wildman–Crippen MR) is 79.8 cm³/mol. The summed E-state index contributed by atoms with van der Waals surface area (Å²) in [7, 11) is 0. The molecule has 17 heavy (non-hydrogen) atoms. The fourth-order valence-electron chi connectivity index (χ4n) is 2.82. The van der Waals surface area contributed by atoms with Gasteiger partial charge in [-0.2, -0.15) is 0 Å². The second kappa shape index (κ2) is 6.77. The molecule has 0 unspecified atom stereocenters. The molecule has 1 saturated carbocycles. The fraction of sp³-hybridized carbons (Fsp3) is 0.571. The van der Waals surface area contributed by atoms with Crippen LogP contribution in [0.1, 0.15) is 44.1 Å². The number of nitrogens with two attached hydrogens (primary N) is 1. The highest BCUT2D eigenvalue weighted by Crippen LogP contribution is 2.37. The maximum atomic E-state index is 6.07. The molecule has 2 N–H and O–H groups in total. The molecule has 0 saturated heterocycles. The summed E-state index contributed by atoms with van der Waals surface area (Å²) in [4.78, 5) is 0. The molecule has 1 aromatic rings. The lowest BCUT2D eigenvalue weighted by Gasteiger charge is -2.32. The zero-order chi connectivity index (χ0) is 11.4. The largest absolute Gasteiger partial charge is 0.330 e. The Morgan fingerprint density at radius 3 is 2.00 bits per heavy atom. The Balaban J connectivity index is 0.00000144. The molecule has 0 spiro atoms. The van der Waals surface area contributed by atoms with Crippen molar-refractivity contribution < 1.29 is 0 Å². The van der Waals surface area contributed by atoms with E-state index in [0.717, 1.165) is 11.0 Å². The molecule has 0 aromatic heterocycles. The lowest BCUT2D eigenvalue weighted by Crippen LogP contribution is -2.34. The molecule has 1 aromatic carbocycles. The van der Waals surface area contributed by atoms with E-state index < -0.39 is 0 Å². The molecule has 0 atom stereocenters. The van der Waals surface area contributed by atoms with Gasteiger partial charge in [-0.05, 0) is 30.5 Å². The third-order valence-electron chi connectivity index (χ3n) is 3.91. The van der Waals surface area contributed by atoms with Gasteiger partial charge in [-0.15, -0.1) is 12.4 Å². The molecular weight excluding hydrogens is 298 g/mol. The van der Waals surface area contributed by atoms with Crippen LogP contribution in [0.15, 0.2) is 28.7 Å². The van der Waals surface area contributed by atoms with Gasteiger partial charge in [0.2, 0.25) is 0 Å². The van der Waals surface area contributed by atoms with Crippen molar-refractivity contribution in [1.29, 1.82) is 0 Å². The molecule has 0 radical (unpaired) electrons. The van der Waals surface area contributed by atoms with E-state index in [1.54, 1.807) is 0 Å². The van der Waals surface area contributed by atoms with E-state index in [1.165, 1.54) is 44.1 Å². The van der Waals surface area contributed by atoms with Gasteiger partial charge >= 0.3 is 0 Å². The Labute approximate surface area is 119 Å². The Hall–Kier alpha value is -0.0500. The van der Waals surface area contributed by atoms with Gasteiger partial charge in [-0.3, -0.25) is 0 Å². The van der Waals surface area contributed by atoms with Crippen molar-refractivity contribution in [3.8, 4) is 0 Å². The lowest BCUT2D eigenvalue weighted by molar-refractivity contribution is 0.381. The molecule has 0 aliphatic heterocycles. The second-order valence-electron chi connectivity index (χ2n) is 4.91. The van der Waals surface area contributed by atoms with Gasteiger partial charge in [0.25, 0.3) is 0 Å². The zero-order valence-corrected chi connectivity index (χ0v) is 12.5. The van der Waals surface area contributed by atoms with Gasteiger partial charge in [-0.1, -0.05) is 53.7 Å². The van der Waals surface area contributed by atoms with Gasteiger partial charge in [0.1, 0.15) is 0 Å². The van der Waals surface area contributed by atoms with Crippen LogP contribution >= 0.6 is 28.3 Å². The van der Waals surface area contributed by atoms with Crippen LogP contribution in [0.25, 0.3) is 0 Å². The molecule has 1 fully saturated rings. The number of benzene rings is 1. The second-order valence-corrected chi connectivity index (χ2v) is 5.82. The summed E-state index contributed by atoms with van der Waals surface area (Å²) in [5.74, 6) is 0. The first kappa shape index (κ1) is 15.0. The van der Waals surface area contributed by atoms with Crippen LogP contribution in [0.4, 0.5) is 0 Å². The lowest BCUT2D eigenvalue weighted by atomic mass is 9.74. The predicted octanol–water partition coefficient (Wildman–Crippen LogP) is 4.42. The van der Waals surface area contributed by atoms with Crippen molar-refractivity contribution >= 4 is 28.3 Å². The van der Waals surface area contributed by atoms with Crippen LogP contribution in [0.5, 0.6) is 0 Å². The summed E-state index contributed by atoms with van der Waals surface area (Å²) in [5.41, 5.74) is 7.74. The van der Waals surface area contributed by atoms with Gasteiger partial charge < -0.3 is 5.73 Å². The van der Waals surface area contributed by atoms with Crippen molar-refractivity contribution in [2.45, 2.75) is 43.9 Å². The van der Waals surface area contributed by atoms with Crippen LogP contribution in [-0.4, -0.2) is 6.54 Å². The molecule has 0 heterocycles. The van der Waals surface area contributed by atoms with Gasteiger partial charge in [0.15, 0.2) is 0 Å². The summed E-state index contributed by atoms with van der Waals surface area (Å²) < 4.78 is 1.15. The molecule has 2 rings (SSSR count). The van der Waals surface area contributed by atoms with Crippen molar-refractivity contribution in [3.05, 3.63) is 34.3 Å². The van der Waals surface area contributed by atoms with Crippen LogP contribution in [0.3, 0.4) is 0 Å².